The molecule has 0 aliphatic carbocycles. The van der Waals surface area contributed by atoms with Crippen molar-refractivity contribution in [2.24, 2.45) is 0 Å². The monoisotopic (exact) mass is 398 g/mol. The summed E-state index contributed by atoms with van der Waals surface area (Å²) < 4.78 is 2.80. The van der Waals surface area contributed by atoms with Gasteiger partial charge in [-0.3, -0.25) is 4.79 Å². The van der Waals surface area contributed by atoms with E-state index >= 15 is 0 Å². The first-order chi connectivity index (χ1) is 10.6. The van der Waals surface area contributed by atoms with Crippen molar-refractivity contribution in [3.63, 3.8) is 0 Å². The summed E-state index contributed by atoms with van der Waals surface area (Å²) in [6.45, 7) is 6.42. The number of hydrogen-bond donors (Lipinski definition) is 1. The number of rotatable bonds is 2. The molecular weight excluding hydrogens is 380 g/mol. The average molecular weight is 400 g/mol. The van der Waals surface area contributed by atoms with Gasteiger partial charge in [-0.25, -0.2) is 4.68 Å². The number of benzene rings is 1. The van der Waals surface area contributed by atoms with Gasteiger partial charge in [-0.2, -0.15) is 5.10 Å². The maximum atomic E-state index is 12.8. The summed E-state index contributed by atoms with van der Waals surface area (Å²) in [5.41, 5.74) is 2.49. The van der Waals surface area contributed by atoms with Crippen LogP contribution in [0.4, 0.5) is 0 Å². The number of carbonyl (C=O) groups is 1. The molecule has 0 spiro atoms. The Morgan fingerprint density at radius 1 is 1.43 bits per heavy atom. The predicted molar refractivity (Wildman–Crippen MR) is 96.6 cm³/mol. The Kier molecular flexibility index (Phi) is 5.84. The van der Waals surface area contributed by atoms with Gasteiger partial charge in [-0.05, 0) is 32.0 Å². The Labute approximate surface area is 150 Å². The highest BCUT2D eigenvalue weighted by Crippen LogP contribution is 2.20. The second-order valence-corrected chi connectivity index (χ2v) is 6.50. The number of aromatic nitrogens is 2. The molecule has 0 bridgehead atoms. The van der Waals surface area contributed by atoms with Crippen LogP contribution in [0.1, 0.15) is 23.0 Å². The number of hydrogen-bond acceptors (Lipinski definition) is 3. The molecule has 1 fully saturated rings. The van der Waals surface area contributed by atoms with Crippen LogP contribution in [0.2, 0.25) is 0 Å². The molecule has 124 valence electrons. The molecule has 2 aromatic rings. The number of piperazine rings is 1. The van der Waals surface area contributed by atoms with E-state index in [1.807, 2.05) is 40.8 Å². The van der Waals surface area contributed by atoms with Gasteiger partial charge in [0.05, 0.1) is 23.1 Å². The minimum Gasteiger partial charge on any atom is -0.333 e. The third kappa shape index (κ3) is 3.59. The van der Waals surface area contributed by atoms with E-state index in [9.17, 15) is 4.79 Å². The van der Waals surface area contributed by atoms with Crippen molar-refractivity contribution in [2.45, 2.75) is 19.9 Å². The Morgan fingerprint density at radius 3 is 2.91 bits per heavy atom. The van der Waals surface area contributed by atoms with Crippen molar-refractivity contribution in [3.05, 3.63) is 46.2 Å². The summed E-state index contributed by atoms with van der Waals surface area (Å²) in [5, 5.41) is 7.70. The van der Waals surface area contributed by atoms with E-state index in [-0.39, 0.29) is 24.4 Å². The molecule has 5 nitrogen and oxygen atoms in total. The molecule has 3 rings (SSSR count). The number of nitrogens with one attached hydrogen (secondary N) is 1. The summed E-state index contributed by atoms with van der Waals surface area (Å²) in [6.07, 6.45) is 1.67. The zero-order valence-electron chi connectivity index (χ0n) is 13.1. The average Bonchev–Trinajstić information content (AvgIpc) is 2.89. The van der Waals surface area contributed by atoms with Crippen molar-refractivity contribution in [2.75, 3.05) is 19.6 Å². The van der Waals surface area contributed by atoms with Crippen LogP contribution in [0.5, 0.6) is 0 Å². The van der Waals surface area contributed by atoms with Crippen LogP contribution in [-0.4, -0.2) is 46.3 Å². The molecule has 7 heteroatoms. The summed E-state index contributed by atoms with van der Waals surface area (Å²) in [7, 11) is 0. The van der Waals surface area contributed by atoms with Gasteiger partial charge >= 0.3 is 0 Å². The number of amides is 1. The van der Waals surface area contributed by atoms with Crippen molar-refractivity contribution >= 4 is 34.2 Å². The van der Waals surface area contributed by atoms with Gasteiger partial charge in [-0.15, -0.1) is 12.4 Å². The number of carbonyl (C=O) groups excluding carboxylic acids is 1. The van der Waals surface area contributed by atoms with Crippen molar-refractivity contribution in [1.82, 2.24) is 20.0 Å². The minimum atomic E-state index is 0. The molecule has 0 saturated carbocycles. The third-order valence-corrected chi connectivity index (χ3v) is 4.55. The molecular formula is C16H20BrClN4O. The van der Waals surface area contributed by atoms with Gasteiger partial charge in [0.1, 0.15) is 0 Å². The van der Waals surface area contributed by atoms with Gasteiger partial charge in [0.15, 0.2) is 0 Å². The lowest BCUT2D eigenvalue weighted by molar-refractivity contribution is 0.0655. The molecule has 1 aliphatic rings. The van der Waals surface area contributed by atoms with Crippen molar-refractivity contribution in [3.8, 4) is 5.69 Å². The second kappa shape index (κ2) is 7.47. The maximum Gasteiger partial charge on any atom is 0.257 e. The molecule has 1 aromatic carbocycles. The third-order valence-electron chi connectivity index (χ3n) is 4.06. The lowest BCUT2D eigenvalue weighted by Gasteiger charge is -2.33. The summed E-state index contributed by atoms with van der Waals surface area (Å²) in [5.74, 6) is 0.0627. The highest BCUT2D eigenvalue weighted by Gasteiger charge is 2.26. The molecule has 1 aromatic heterocycles. The highest BCUT2D eigenvalue weighted by molar-refractivity contribution is 9.10. The molecule has 0 unspecified atom stereocenters. The number of nitrogens with zero attached hydrogens (tertiary/aromatic N) is 3. The maximum absolute atomic E-state index is 12.8. The van der Waals surface area contributed by atoms with Crippen molar-refractivity contribution in [1.29, 1.82) is 0 Å². The van der Waals surface area contributed by atoms with E-state index in [1.54, 1.807) is 6.20 Å². The predicted octanol–water partition coefficient (Wildman–Crippen LogP) is 2.80. The lowest BCUT2D eigenvalue weighted by Crippen LogP contribution is -2.52. The molecule has 1 saturated heterocycles. The first kappa shape index (κ1) is 18.0. The van der Waals surface area contributed by atoms with Crippen LogP contribution >= 0.6 is 28.3 Å². The molecule has 1 aliphatic heterocycles. The van der Waals surface area contributed by atoms with Gasteiger partial charge < -0.3 is 10.2 Å². The van der Waals surface area contributed by atoms with Crippen LogP contribution < -0.4 is 5.32 Å². The van der Waals surface area contributed by atoms with Crippen LogP contribution in [0.3, 0.4) is 0 Å². The minimum absolute atomic E-state index is 0. The van der Waals surface area contributed by atoms with Crippen molar-refractivity contribution < 1.29 is 4.79 Å². The molecule has 1 atom stereocenters. The first-order valence-electron chi connectivity index (χ1n) is 7.40. The standard InChI is InChI=1S/C16H19BrN4O.ClH/c1-11-9-18-6-7-20(11)16(22)15-10-19-21(12(15)2)14-5-3-4-13(17)8-14;/h3-5,8,10-11,18H,6-7,9H2,1-2H3;1H/t11-;/m0./s1. The fourth-order valence-electron chi connectivity index (χ4n) is 2.79. The Bertz CT molecular complexity index is 703. The quantitative estimate of drug-likeness (QED) is 0.845. The second-order valence-electron chi connectivity index (χ2n) is 5.59. The topological polar surface area (TPSA) is 50.2 Å². The largest absolute Gasteiger partial charge is 0.333 e. The lowest BCUT2D eigenvalue weighted by atomic mass is 10.1. The van der Waals surface area contributed by atoms with Crippen LogP contribution in [0, 0.1) is 6.92 Å². The smallest absolute Gasteiger partial charge is 0.257 e. The normalized spacial score (nSPS) is 17.7. The SMILES string of the molecule is Cc1c(C(=O)N2CCNC[C@@H]2C)cnn1-c1cccc(Br)c1.Cl. The van der Waals surface area contributed by atoms with Crippen LogP contribution in [-0.2, 0) is 0 Å². The fourth-order valence-corrected chi connectivity index (χ4v) is 3.17. The van der Waals surface area contributed by atoms with E-state index in [1.165, 1.54) is 0 Å². The molecule has 1 amide bonds. The molecule has 2 heterocycles. The van der Waals surface area contributed by atoms with Crippen LogP contribution in [0.15, 0.2) is 34.9 Å². The van der Waals surface area contributed by atoms with E-state index < -0.39 is 0 Å². The highest BCUT2D eigenvalue weighted by atomic mass is 79.9. The van der Waals surface area contributed by atoms with Gasteiger partial charge in [0.25, 0.3) is 5.91 Å². The molecule has 0 radical (unpaired) electrons. The summed E-state index contributed by atoms with van der Waals surface area (Å²) >= 11 is 3.47. The van der Waals surface area contributed by atoms with Gasteiger partial charge in [0.2, 0.25) is 0 Å². The first-order valence-corrected chi connectivity index (χ1v) is 8.19. The number of halogens is 2. The summed E-state index contributed by atoms with van der Waals surface area (Å²) in [6, 6.07) is 8.10. The van der Waals surface area contributed by atoms with E-state index in [0.717, 1.165) is 35.5 Å². The van der Waals surface area contributed by atoms with Gasteiger partial charge in [-0.1, -0.05) is 22.0 Å². The van der Waals surface area contributed by atoms with Gasteiger partial charge in [0, 0.05) is 30.1 Å². The molecule has 23 heavy (non-hydrogen) atoms. The Balaban J connectivity index is 0.00000192. The van der Waals surface area contributed by atoms with E-state index in [0.29, 0.717) is 5.56 Å². The fraction of sp³-hybridized carbons (Fsp3) is 0.375. The Morgan fingerprint density at radius 2 is 2.22 bits per heavy atom. The van der Waals surface area contributed by atoms with Crippen LogP contribution in [0.25, 0.3) is 5.69 Å². The molecule has 1 N–H and O–H groups in total. The van der Waals surface area contributed by atoms with E-state index in [4.69, 9.17) is 0 Å². The summed E-state index contributed by atoms with van der Waals surface area (Å²) in [4.78, 5) is 14.7. The zero-order chi connectivity index (χ0) is 15.7. The van der Waals surface area contributed by atoms with E-state index in [2.05, 4.69) is 33.3 Å². The zero-order valence-corrected chi connectivity index (χ0v) is 15.5. The Hall–Kier alpha value is -1.37.